The molecule has 0 spiro atoms. The molecule has 0 unspecified atom stereocenters. The molecule has 1 aliphatic heterocycles. The molecule has 4 rings (SSSR count). The first-order chi connectivity index (χ1) is 12.6. The summed E-state index contributed by atoms with van der Waals surface area (Å²) in [6, 6.07) is 11.2. The molecule has 1 N–H and O–H groups in total. The van der Waals surface area contributed by atoms with E-state index in [1.807, 2.05) is 18.2 Å². The van der Waals surface area contributed by atoms with Crippen molar-refractivity contribution in [3.05, 3.63) is 53.8 Å². The molecule has 0 radical (unpaired) electrons. The Morgan fingerprint density at radius 2 is 1.85 bits per heavy atom. The van der Waals surface area contributed by atoms with Crippen LogP contribution in [-0.4, -0.2) is 49.0 Å². The number of thiazole rings is 1. The van der Waals surface area contributed by atoms with Crippen LogP contribution in [0.5, 0.6) is 0 Å². The number of aromatic nitrogens is 1. The van der Waals surface area contributed by atoms with E-state index in [0.29, 0.717) is 11.3 Å². The summed E-state index contributed by atoms with van der Waals surface area (Å²) in [6.07, 6.45) is 0. The van der Waals surface area contributed by atoms with Crippen LogP contribution >= 0.6 is 11.3 Å². The van der Waals surface area contributed by atoms with E-state index in [1.54, 1.807) is 11.3 Å². The molecule has 134 valence electrons. The van der Waals surface area contributed by atoms with Crippen LogP contribution in [0.15, 0.2) is 42.5 Å². The van der Waals surface area contributed by atoms with Crippen LogP contribution in [-0.2, 0) is 0 Å². The summed E-state index contributed by atoms with van der Waals surface area (Å²) >= 11 is 1.64. The molecule has 5 nitrogen and oxygen atoms in total. The van der Waals surface area contributed by atoms with Gasteiger partial charge in [0.25, 0.3) is 5.91 Å². The predicted octanol–water partition coefficient (Wildman–Crippen LogP) is 3.44. The van der Waals surface area contributed by atoms with Gasteiger partial charge in [-0.1, -0.05) is 11.3 Å². The average molecular weight is 370 g/mol. The van der Waals surface area contributed by atoms with Crippen molar-refractivity contribution in [2.24, 2.45) is 0 Å². The summed E-state index contributed by atoms with van der Waals surface area (Å²) in [5, 5.41) is 3.88. The van der Waals surface area contributed by atoms with E-state index in [4.69, 9.17) is 4.98 Å². The van der Waals surface area contributed by atoms with Crippen molar-refractivity contribution < 1.29 is 9.18 Å². The number of halogens is 1. The second kappa shape index (κ2) is 7.01. The molecule has 1 aromatic heterocycles. The lowest BCUT2D eigenvalue weighted by Crippen LogP contribution is -2.44. The maximum Gasteiger partial charge on any atom is 0.255 e. The zero-order chi connectivity index (χ0) is 18.1. The van der Waals surface area contributed by atoms with Gasteiger partial charge in [0.15, 0.2) is 5.13 Å². The summed E-state index contributed by atoms with van der Waals surface area (Å²) < 4.78 is 14.0. The van der Waals surface area contributed by atoms with Gasteiger partial charge in [-0.25, -0.2) is 9.37 Å². The van der Waals surface area contributed by atoms with Crippen molar-refractivity contribution in [2.75, 3.05) is 43.4 Å². The van der Waals surface area contributed by atoms with Gasteiger partial charge >= 0.3 is 0 Å². The van der Waals surface area contributed by atoms with Gasteiger partial charge in [0.2, 0.25) is 0 Å². The first-order valence-electron chi connectivity index (χ1n) is 8.49. The fraction of sp³-hybridized carbons (Fsp3) is 0.263. The number of hydrogen-bond acceptors (Lipinski definition) is 5. The molecule has 26 heavy (non-hydrogen) atoms. The number of fused-ring (bicyclic) bond motifs is 1. The zero-order valence-electron chi connectivity index (χ0n) is 14.4. The number of likely N-dealkylation sites (N-methyl/N-ethyl adjacent to an activating group) is 1. The Labute approximate surface area is 155 Å². The molecule has 1 saturated heterocycles. The van der Waals surface area contributed by atoms with Crippen molar-refractivity contribution in [2.45, 2.75) is 0 Å². The van der Waals surface area contributed by atoms with Gasteiger partial charge in [-0.15, -0.1) is 0 Å². The Hall–Kier alpha value is -2.51. The molecule has 0 atom stereocenters. The molecule has 0 aliphatic carbocycles. The Balaban J connectivity index is 1.52. The molecule has 2 aromatic carbocycles. The highest BCUT2D eigenvalue weighted by Crippen LogP contribution is 2.31. The van der Waals surface area contributed by atoms with Gasteiger partial charge in [-0.3, -0.25) is 4.79 Å². The van der Waals surface area contributed by atoms with Crippen LogP contribution in [0.1, 0.15) is 10.4 Å². The van der Waals surface area contributed by atoms with Crippen molar-refractivity contribution in [3.8, 4) is 0 Å². The molecule has 1 amide bonds. The van der Waals surface area contributed by atoms with Crippen LogP contribution in [0, 0.1) is 5.82 Å². The third-order valence-corrected chi connectivity index (χ3v) is 5.59. The number of hydrogen-bond donors (Lipinski definition) is 1. The van der Waals surface area contributed by atoms with Gasteiger partial charge in [-0.05, 0) is 49.5 Å². The number of carbonyl (C=O) groups is 1. The molecule has 0 saturated carbocycles. The minimum Gasteiger partial charge on any atom is -0.345 e. The third kappa shape index (κ3) is 3.54. The van der Waals surface area contributed by atoms with Gasteiger partial charge in [0.05, 0.1) is 10.2 Å². The van der Waals surface area contributed by atoms with E-state index in [0.717, 1.165) is 41.5 Å². The lowest BCUT2D eigenvalue weighted by Gasteiger charge is -2.31. The zero-order valence-corrected chi connectivity index (χ0v) is 15.2. The van der Waals surface area contributed by atoms with Crippen LogP contribution in [0.2, 0.25) is 0 Å². The lowest BCUT2D eigenvalue weighted by molar-refractivity contribution is 0.102. The summed E-state index contributed by atoms with van der Waals surface area (Å²) in [5.41, 5.74) is 2.07. The number of piperazine rings is 1. The number of rotatable bonds is 3. The van der Waals surface area contributed by atoms with Gasteiger partial charge in [0, 0.05) is 37.4 Å². The SMILES string of the molecule is CN1CCN(c2nc3ccc(NC(=O)c4ccc(F)cc4)cc3s2)CC1. The Morgan fingerprint density at radius 3 is 2.58 bits per heavy atom. The molecular weight excluding hydrogens is 351 g/mol. The molecular formula is C19H19FN4OS. The summed E-state index contributed by atoms with van der Waals surface area (Å²) in [4.78, 5) is 21.6. The molecule has 1 aliphatic rings. The van der Waals surface area contributed by atoms with Crippen molar-refractivity contribution in [1.29, 1.82) is 0 Å². The van der Waals surface area contributed by atoms with E-state index < -0.39 is 0 Å². The first-order valence-corrected chi connectivity index (χ1v) is 9.31. The maximum absolute atomic E-state index is 13.0. The first kappa shape index (κ1) is 16.9. The fourth-order valence-electron chi connectivity index (χ4n) is 2.93. The van der Waals surface area contributed by atoms with Gasteiger partial charge < -0.3 is 15.1 Å². The predicted molar refractivity (Wildman–Crippen MR) is 104 cm³/mol. The highest BCUT2D eigenvalue weighted by molar-refractivity contribution is 7.22. The van der Waals surface area contributed by atoms with Gasteiger partial charge in [-0.2, -0.15) is 0 Å². The second-order valence-electron chi connectivity index (χ2n) is 6.43. The third-order valence-electron chi connectivity index (χ3n) is 4.52. The van der Waals surface area contributed by atoms with Crippen LogP contribution in [0.25, 0.3) is 10.2 Å². The van der Waals surface area contributed by atoms with E-state index in [9.17, 15) is 9.18 Å². The number of amides is 1. The van der Waals surface area contributed by atoms with Gasteiger partial charge in [0.1, 0.15) is 5.82 Å². The van der Waals surface area contributed by atoms with Crippen LogP contribution in [0.4, 0.5) is 15.2 Å². The highest BCUT2D eigenvalue weighted by atomic mass is 32.1. The molecule has 2 heterocycles. The number of nitrogens with one attached hydrogen (secondary N) is 1. The number of benzene rings is 2. The maximum atomic E-state index is 13.0. The van der Waals surface area contributed by atoms with Crippen molar-refractivity contribution >= 4 is 38.3 Å². The van der Waals surface area contributed by atoms with E-state index in [-0.39, 0.29) is 11.7 Å². The van der Waals surface area contributed by atoms with Crippen molar-refractivity contribution in [1.82, 2.24) is 9.88 Å². The Bertz CT molecular complexity index is 932. The molecule has 3 aromatic rings. The molecule has 0 bridgehead atoms. The second-order valence-corrected chi connectivity index (χ2v) is 7.44. The number of anilines is 2. The van der Waals surface area contributed by atoms with E-state index >= 15 is 0 Å². The van der Waals surface area contributed by atoms with Crippen molar-refractivity contribution in [3.63, 3.8) is 0 Å². The summed E-state index contributed by atoms with van der Waals surface area (Å²) in [6.45, 7) is 4.03. The minimum absolute atomic E-state index is 0.256. The largest absolute Gasteiger partial charge is 0.345 e. The summed E-state index contributed by atoms with van der Waals surface area (Å²) in [5.74, 6) is -0.614. The minimum atomic E-state index is -0.357. The van der Waals surface area contributed by atoms with Crippen LogP contribution < -0.4 is 10.2 Å². The van der Waals surface area contributed by atoms with E-state index in [2.05, 4.69) is 22.2 Å². The lowest BCUT2D eigenvalue weighted by atomic mass is 10.2. The molecule has 7 heteroatoms. The highest BCUT2D eigenvalue weighted by Gasteiger charge is 2.18. The monoisotopic (exact) mass is 370 g/mol. The van der Waals surface area contributed by atoms with Crippen LogP contribution in [0.3, 0.4) is 0 Å². The Morgan fingerprint density at radius 1 is 1.12 bits per heavy atom. The number of nitrogens with zero attached hydrogens (tertiary/aromatic N) is 3. The Kier molecular flexibility index (Phi) is 4.57. The average Bonchev–Trinajstić information content (AvgIpc) is 3.06. The fourth-order valence-corrected chi connectivity index (χ4v) is 3.98. The normalized spacial score (nSPS) is 15.4. The smallest absolute Gasteiger partial charge is 0.255 e. The standard InChI is InChI=1S/C19H19FN4OS/c1-23-8-10-24(11-9-23)19-22-16-7-6-15(12-17(16)26-19)21-18(25)13-2-4-14(20)5-3-13/h2-7,12H,8-11H2,1H3,(H,21,25). The molecule has 1 fully saturated rings. The topological polar surface area (TPSA) is 48.5 Å². The van der Waals surface area contributed by atoms with E-state index in [1.165, 1.54) is 24.3 Å². The summed E-state index contributed by atoms with van der Waals surface area (Å²) in [7, 11) is 2.13. The number of carbonyl (C=O) groups excluding carboxylic acids is 1. The quantitative estimate of drug-likeness (QED) is 0.767.